The van der Waals surface area contributed by atoms with Gasteiger partial charge in [0.2, 0.25) is 11.8 Å². The van der Waals surface area contributed by atoms with Crippen LogP contribution in [0.4, 0.5) is 5.69 Å². The maximum Gasteiger partial charge on any atom is 0.251 e. The lowest BCUT2D eigenvalue weighted by Crippen LogP contribution is -2.38. The molecule has 3 aromatic carbocycles. The van der Waals surface area contributed by atoms with Gasteiger partial charge in [-0.25, -0.2) is 4.98 Å². The third-order valence-corrected chi connectivity index (χ3v) is 8.15. The summed E-state index contributed by atoms with van der Waals surface area (Å²) < 4.78 is 12.5. The van der Waals surface area contributed by atoms with E-state index < -0.39 is 5.91 Å². The Labute approximate surface area is 285 Å². The Morgan fingerprint density at radius 1 is 0.878 bits per heavy atom. The predicted octanol–water partition coefficient (Wildman–Crippen LogP) is 5.87. The second-order valence-corrected chi connectivity index (χ2v) is 11.5. The van der Waals surface area contributed by atoms with Crippen LogP contribution in [0.1, 0.15) is 44.0 Å². The normalized spacial score (nSPS) is 11.0. The number of amides is 3. The average Bonchev–Trinajstić information content (AvgIpc) is 3.12. The smallest absolute Gasteiger partial charge is 0.251 e. The number of para-hydroxylation sites is 1. The highest BCUT2D eigenvalue weighted by Crippen LogP contribution is 2.33. The van der Waals surface area contributed by atoms with Gasteiger partial charge in [0.1, 0.15) is 30.2 Å². The first-order valence-electron chi connectivity index (χ1n) is 15.8. The van der Waals surface area contributed by atoms with Crippen LogP contribution < -0.4 is 25.0 Å². The molecule has 2 heterocycles. The molecule has 2 aromatic heterocycles. The van der Waals surface area contributed by atoms with Crippen molar-refractivity contribution in [2.75, 3.05) is 25.5 Å². The third-order valence-electron chi connectivity index (χ3n) is 8.15. The minimum Gasteiger partial charge on any atom is -0.487 e. The van der Waals surface area contributed by atoms with Gasteiger partial charge in [-0.2, -0.15) is 0 Å². The number of aromatic nitrogens is 2. The fourth-order valence-corrected chi connectivity index (χ4v) is 5.34. The summed E-state index contributed by atoms with van der Waals surface area (Å²) in [6.45, 7) is 6.29. The topological polar surface area (TPSA) is 123 Å². The van der Waals surface area contributed by atoms with Crippen LogP contribution in [0.15, 0.2) is 91.1 Å². The lowest BCUT2D eigenvalue weighted by Gasteiger charge is -2.23. The minimum absolute atomic E-state index is 0.180. The summed E-state index contributed by atoms with van der Waals surface area (Å²) in [6, 6.07) is 24.1. The largest absolute Gasteiger partial charge is 0.487 e. The number of anilines is 1. The van der Waals surface area contributed by atoms with E-state index in [2.05, 4.69) is 15.6 Å². The van der Waals surface area contributed by atoms with Crippen molar-refractivity contribution in [2.45, 2.75) is 34.0 Å². The van der Waals surface area contributed by atoms with Gasteiger partial charge in [0.15, 0.2) is 0 Å². The highest BCUT2D eigenvalue weighted by Gasteiger charge is 2.18. The van der Waals surface area contributed by atoms with Gasteiger partial charge in [0.25, 0.3) is 5.91 Å². The zero-order chi connectivity index (χ0) is 34.9. The Morgan fingerprint density at radius 3 is 2.39 bits per heavy atom. The Kier molecular flexibility index (Phi) is 11.0. The number of nitrogens with one attached hydrogen (secondary N) is 2. The van der Waals surface area contributed by atoms with Crippen molar-refractivity contribution in [3.63, 3.8) is 0 Å². The third kappa shape index (κ3) is 8.47. The number of carbonyl (C=O) groups excluding carboxylic acids is 3. The van der Waals surface area contributed by atoms with Crippen LogP contribution in [0, 0.1) is 20.8 Å². The van der Waals surface area contributed by atoms with E-state index in [0.717, 1.165) is 39.0 Å². The summed E-state index contributed by atoms with van der Waals surface area (Å²) in [7, 11) is 3.25. The van der Waals surface area contributed by atoms with Crippen LogP contribution in [0.3, 0.4) is 0 Å². The Hall–Kier alpha value is -6.03. The summed E-state index contributed by atoms with van der Waals surface area (Å²) in [5.74, 6) is 0.454. The maximum absolute atomic E-state index is 13.1. The lowest BCUT2D eigenvalue weighted by atomic mass is 10.0. The number of nitrogens with zero attached hydrogens (tertiary/aromatic N) is 3. The van der Waals surface area contributed by atoms with Gasteiger partial charge in [-0.05, 0) is 91.6 Å². The molecule has 0 unspecified atom stereocenters. The van der Waals surface area contributed by atoms with E-state index in [9.17, 15) is 14.4 Å². The van der Waals surface area contributed by atoms with Gasteiger partial charge in [0.05, 0.1) is 12.2 Å². The van der Waals surface area contributed by atoms with E-state index in [-0.39, 0.29) is 25.0 Å². The van der Waals surface area contributed by atoms with E-state index in [4.69, 9.17) is 14.5 Å². The molecule has 0 bridgehead atoms. The fourth-order valence-electron chi connectivity index (χ4n) is 5.34. The van der Waals surface area contributed by atoms with Gasteiger partial charge in [-0.1, -0.05) is 30.3 Å². The van der Waals surface area contributed by atoms with Gasteiger partial charge in [-0.3, -0.25) is 19.4 Å². The van der Waals surface area contributed by atoms with Crippen LogP contribution in [-0.4, -0.2) is 48.3 Å². The average molecular weight is 658 g/mol. The van der Waals surface area contributed by atoms with E-state index in [1.54, 1.807) is 50.6 Å². The molecule has 250 valence electrons. The first-order chi connectivity index (χ1) is 23.6. The maximum atomic E-state index is 13.1. The van der Waals surface area contributed by atoms with Crippen molar-refractivity contribution in [1.82, 2.24) is 20.6 Å². The van der Waals surface area contributed by atoms with Crippen LogP contribution in [0.2, 0.25) is 0 Å². The van der Waals surface area contributed by atoms with E-state index in [1.807, 2.05) is 75.4 Å². The summed E-state index contributed by atoms with van der Waals surface area (Å²) in [5, 5.41) is 6.05. The summed E-state index contributed by atoms with van der Waals surface area (Å²) in [4.78, 5) is 48.0. The van der Waals surface area contributed by atoms with E-state index in [0.29, 0.717) is 34.9 Å². The predicted molar refractivity (Wildman–Crippen MR) is 191 cm³/mol. The SMILES string of the molecule is CNC(=O)c1ccc(/C=C/C(=O)NCC(=O)N(C)c2ccc(C)c(COc3cccc4c(OCc5ccccn5)cc(C)nc34)c2C)cc1. The molecule has 5 rings (SSSR count). The van der Waals surface area contributed by atoms with Gasteiger partial charge < -0.3 is 25.0 Å². The number of benzene rings is 3. The summed E-state index contributed by atoms with van der Waals surface area (Å²) in [6.07, 6.45) is 4.72. The molecule has 0 aliphatic rings. The van der Waals surface area contributed by atoms with Crippen molar-refractivity contribution < 1.29 is 23.9 Å². The first-order valence-corrected chi connectivity index (χ1v) is 15.8. The van der Waals surface area contributed by atoms with E-state index >= 15 is 0 Å². The number of hydrogen-bond donors (Lipinski definition) is 2. The molecular weight excluding hydrogens is 618 g/mol. The second-order valence-electron chi connectivity index (χ2n) is 11.5. The molecule has 10 heteroatoms. The molecule has 0 atom stereocenters. The molecule has 0 saturated carbocycles. The van der Waals surface area contributed by atoms with Crippen LogP contribution >= 0.6 is 0 Å². The Balaban J connectivity index is 1.24. The summed E-state index contributed by atoms with van der Waals surface area (Å²) >= 11 is 0. The molecule has 0 saturated heterocycles. The molecule has 5 aromatic rings. The molecule has 3 amide bonds. The number of fused-ring (bicyclic) bond motifs is 1. The second kappa shape index (κ2) is 15.7. The quantitative estimate of drug-likeness (QED) is 0.161. The molecule has 2 N–H and O–H groups in total. The van der Waals surface area contributed by atoms with Crippen molar-refractivity contribution >= 4 is 40.4 Å². The molecule has 0 aliphatic heterocycles. The van der Waals surface area contributed by atoms with Crippen molar-refractivity contribution in [3.05, 3.63) is 130 Å². The van der Waals surface area contributed by atoms with E-state index in [1.165, 1.54) is 11.0 Å². The number of likely N-dealkylation sites (N-methyl/N-ethyl adjacent to an activating group) is 1. The Bertz CT molecular complexity index is 2010. The first kappa shape index (κ1) is 34.3. The van der Waals surface area contributed by atoms with Gasteiger partial charge >= 0.3 is 0 Å². The van der Waals surface area contributed by atoms with Crippen LogP contribution in [0.25, 0.3) is 17.0 Å². The number of pyridine rings is 2. The van der Waals surface area contributed by atoms with Crippen molar-refractivity contribution in [1.29, 1.82) is 0 Å². The molecule has 0 radical (unpaired) electrons. The Morgan fingerprint density at radius 2 is 1.65 bits per heavy atom. The standard InChI is InChI=1S/C39H39N5O5/c1-25-12-18-33(44(5)37(46)22-42-36(45)19-15-28-13-16-29(17-14-28)39(47)40-4)27(3)32(25)24-49-34-11-8-10-31-35(21-26(2)43-38(31)34)48-23-30-9-6-7-20-41-30/h6-21H,22-24H2,1-5H3,(H,40,47)(H,42,45)/b19-15+. The molecular formula is C39H39N5O5. The fraction of sp³-hybridized carbons (Fsp3) is 0.205. The van der Waals surface area contributed by atoms with Crippen molar-refractivity contribution in [2.24, 2.45) is 0 Å². The van der Waals surface area contributed by atoms with Gasteiger partial charge in [-0.15, -0.1) is 0 Å². The highest BCUT2D eigenvalue weighted by atomic mass is 16.5. The minimum atomic E-state index is -0.406. The number of aryl methyl sites for hydroxylation is 2. The lowest BCUT2D eigenvalue weighted by molar-refractivity contribution is -0.122. The van der Waals surface area contributed by atoms with Gasteiger partial charge in [0, 0.05) is 54.8 Å². The summed E-state index contributed by atoms with van der Waals surface area (Å²) in [5.41, 5.74) is 7.18. The number of hydrogen-bond acceptors (Lipinski definition) is 7. The number of carbonyl (C=O) groups is 3. The number of rotatable bonds is 12. The highest BCUT2D eigenvalue weighted by molar-refractivity contribution is 5.99. The molecule has 0 aliphatic carbocycles. The molecule has 10 nitrogen and oxygen atoms in total. The molecule has 0 fully saturated rings. The zero-order valence-electron chi connectivity index (χ0n) is 28.2. The van der Waals surface area contributed by atoms with Crippen LogP contribution in [-0.2, 0) is 22.8 Å². The number of ether oxygens (including phenoxy) is 2. The van der Waals surface area contributed by atoms with Crippen LogP contribution in [0.5, 0.6) is 11.5 Å². The molecule has 0 spiro atoms. The van der Waals surface area contributed by atoms with Crippen molar-refractivity contribution in [3.8, 4) is 11.5 Å². The molecule has 49 heavy (non-hydrogen) atoms. The monoisotopic (exact) mass is 657 g/mol. The zero-order valence-corrected chi connectivity index (χ0v) is 28.2.